The van der Waals surface area contributed by atoms with Crippen molar-refractivity contribution in [2.24, 2.45) is 0 Å². The number of thiophene rings is 1. The summed E-state index contributed by atoms with van der Waals surface area (Å²) in [6, 6.07) is 12.4. The van der Waals surface area contributed by atoms with Crippen LogP contribution in [0.3, 0.4) is 0 Å². The maximum atomic E-state index is 4.74. The molecule has 0 aliphatic rings. The molecule has 0 aliphatic heterocycles. The summed E-state index contributed by atoms with van der Waals surface area (Å²) in [5.41, 5.74) is 2.09. The first-order chi connectivity index (χ1) is 8.42. The van der Waals surface area contributed by atoms with Crippen LogP contribution in [0.15, 0.2) is 48.0 Å². The van der Waals surface area contributed by atoms with Crippen molar-refractivity contribution in [1.29, 1.82) is 0 Å². The molecule has 0 atom stereocenters. The number of benzene rings is 1. The molecule has 80 valence electrons. The molecule has 0 radical (unpaired) electrons. The monoisotopic (exact) mass is 236 g/mol. The van der Waals surface area contributed by atoms with E-state index in [0.717, 1.165) is 32.0 Å². The average molecular weight is 236 g/mol. The van der Waals surface area contributed by atoms with Crippen molar-refractivity contribution in [1.82, 2.24) is 9.97 Å². The normalized spacial score (nSPS) is 11.5. The lowest BCUT2D eigenvalue weighted by Gasteiger charge is -2.01. The molecular weight excluding hydrogens is 228 g/mol. The lowest BCUT2D eigenvalue weighted by Crippen LogP contribution is -1.84. The van der Waals surface area contributed by atoms with E-state index in [1.807, 2.05) is 24.4 Å². The summed E-state index contributed by atoms with van der Waals surface area (Å²) >= 11 is 1.66. The number of aromatic nitrogens is 2. The van der Waals surface area contributed by atoms with Gasteiger partial charge in [-0.05, 0) is 23.6 Å². The Morgan fingerprint density at radius 1 is 1.00 bits per heavy atom. The fourth-order valence-corrected chi connectivity index (χ4v) is 2.89. The second-order valence-electron chi connectivity index (χ2n) is 4.02. The van der Waals surface area contributed by atoms with E-state index >= 15 is 0 Å². The molecule has 0 spiro atoms. The molecule has 17 heavy (non-hydrogen) atoms. The summed E-state index contributed by atoms with van der Waals surface area (Å²) in [7, 11) is 0. The van der Waals surface area contributed by atoms with Crippen molar-refractivity contribution in [3.8, 4) is 0 Å². The fourth-order valence-electron chi connectivity index (χ4n) is 2.16. The Bertz CT molecular complexity index is 848. The Balaban J connectivity index is 2.29. The third kappa shape index (κ3) is 1.26. The van der Waals surface area contributed by atoms with Gasteiger partial charge in [0.1, 0.15) is 4.83 Å². The highest BCUT2D eigenvalue weighted by Crippen LogP contribution is 2.27. The minimum Gasteiger partial charge on any atom is -0.247 e. The lowest BCUT2D eigenvalue weighted by atomic mass is 10.1. The number of para-hydroxylation sites is 1. The van der Waals surface area contributed by atoms with Crippen molar-refractivity contribution < 1.29 is 0 Å². The third-order valence-electron chi connectivity index (χ3n) is 2.97. The van der Waals surface area contributed by atoms with E-state index in [2.05, 4.69) is 28.6 Å². The first kappa shape index (κ1) is 9.07. The number of pyridine rings is 2. The van der Waals surface area contributed by atoms with Crippen LogP contribution in [0.2, 0.25) is 0 Å². The number of fused-ring (bicyclic) bond motifs is 4. The fraction of sp³-hybridized carbons (Fsp3) is 0. The zero-order chi connectivity index (χ0) is 11.2. The van der Waals surface area contributed by atoms with Gasteiger partial charge in [-0.25, -0.2) is 9.97 Å². The van der Waals surface area contributed by atoms with Gasteiger partial charge < -0.3 is 0 Å². The molecule has 0 N–H and O–H groups in total. The van der Waals surface area contributed by atoms with Gasteiger partial charge in [-0.15, -0.1) is 11.3 Å². The van der Waals surface area contributed by atoms with Crippen LogP contribution >= 0.6 is 11.3 Å². The Hall–Kier alpha value is -2.00. The minimum absolute atomic E-state index is 1.04. The summed E-state index contributed by atoms with van der Waals surface area (Å²) < 4.78 is 0. The van der Waals surface area contributed by atoms with E-state index in [1.165, 1.54) is 0 Å². The van der Waals surface area contributed by atoms with Gasteiger partial charge in [-0.3, -0.25) is 0 Å². The van der Waals surface area contributed by atoms with Gasteiger partial charge >= 0.3 is 0 Å². The van der Waals surface area contributed by atoms with Crippen molar-refractivity contribution in [2.45, 2.75) is 0 Å². The van der Waals surface area contributed by atoms with Crippen LogP contribution in [0.4, 0.5) is 0 Å². The van der Waals surface area contributed by atoms with Gasteiger partial charge in [0.2, 0.25) is 0 Å². The predicted octanol–water partition coefficient (Wildman–Crippen LogP) is 4.00. The quantitative estimate of drug-likeness (QED) is 0.431. The maximum absolute atomic E-state index is 4.74. The molecule has 0 amide bonds. The number of nitrogens with zero attached hydrogens (tertiary/aromatic N) is 2. The van der Waals surface area contributed by atoms with Crippen molar-refractivity contribution in [2.75, 3.05) is 0 Å². The standard InChI is InChI=1S/C14H8N2S/c1-2-4-12-9(3-1)7-10-8-15-14-11(5-6-17-14)13(10)16-12/h1-8H. The first-order valence-corrected chi connectivity index (χ1v) is 6.31. The average Bonchev–Trinajstić information content (AvgIpc) is 2.85. The van der Waals surface area contributed by atoms with Crippen LogP contribution in [-0.2, 0) is 0 Å². The predicted molar refractivity (Wildman–Crippen MR) is 72.4 cm³/mol. The highest BCUT2D eigenvalue weighted by molar-refractivity contribution is 7.16. The summed E-state index contributed by atoms with van der Waals surface area (Å²) in [6.07, 6.45) is 1.91. The van der Waals surface area contributed by atoms with Gasteiger partial charge in [0.15, 0.2) is 0 Å². The van der Waals surface area contributed by atoms with Crippen LogP contribution in [0, 0.1) is 0 Å². The third-order valence-corrected chi connectivity index (χ3v) is 3.79. The van der Waals surface area contributed by atoms with E-state index in [1.54, 1.807) is 11.3 Å². The summed E-state index contributed by atoms with van der Waals surface area (Å²) in [4.78, 5) is 10.3. The molecule has 3 heterocycles. The van der Waals surface area contributed by atoms with Crippen LogP contribution < -0.4 is 0 Å². The Kier molecular flexibility index (Phi) is 1.73. The molecule has 0 aliphatic carbocycles. The second-order valence-corrected chi connectivity index (χ2v) is 4.91. The molecule has 0 saturated heterocycles. The molecule has 1 aromatic carbocycles. The van der Waals surface area contributed by atoms with Crippen molar-refractivity contribution >= 4 is 43.4 Å². The van der Waals surface area contributed by atoms with E-state index < -0.39 is 0 Å². The lowest BCUT2D eigenvalue weighted by molar-refractivity contribution is 1.45. The van der Waals surface area contributed by atoms with E-state index in [0.29, 0.717) is 0 Å². The zero-order valence-electron chi connectivity index (χ0n) is 8.92. The van der Waals surface area contributed by atoms with E-state index in [4.69, 9.17) is 4.98 Å². The molecule has 0 fully saturated rings. The molecule has 3 aromatic heterocycles. The Labute approximate surface area is 102 Å². The van der Waals surface area contributed by atoms with Gasteiger partial charge in [0.25, 0.3) is 0 Å². The van der Waals surface area contributed by atoms with E-state index in [-0.39, 0.29) is 0 Å². The van der Waals surface area contributed by atoms with Crippen molar-refractivity contribution in [3.63, 3.8) is 0 Å². The topological polar surface area (TPSA) is 25.8 Å². The molecule has 0 saturated carbocycles. The molecular formula is C14H8N2S. The van der Waals surface area contributed by atoms with Crippen LogP contribution in [-0.4, -0.2) is 9.97 Å². The minimum atomic E-state index is 1.04. The number of rotatable bonds is 0. The largest absolute Gasteiger partial charge is 0.247 e. The van der Waals surface area contributed by atoms with Crippen molar-refractivity contribution in [3.05, 3.63) is 48.0 Å². The van der Waals surface area contributed by atoms with Gasteiger partial charge in [0.05, 0.1) is 11.0 Å². The highest BCUT2D eigenvalue weighted by atomic mass is 32.1. The molecule has 0 unspecified atom stereocenters. The molecule has 2 nitrogen and oxygen atoms in total. The SMILES string of the molecule is c1ccc2nc3c(cnc4sccc43)cc2c1. The van der Waals surface area contributed by atoms with Gasteiger partial charge in [0, 0.05) is 22.4 Å². The van der Waals surface area contributed by atoms with Crippen LogP contribution in [0.25, 0.3) is 32.0 Å². The molecule has 4 rings (SSSR count). The summed E-state index contributed by atoms with van der Waals surface area (Å²) in [5, 5.41) is 5.48. The number of hydrogen-bond donors (Lipinski definition) is 0. The first-order valence-electron chi connectivity index (χ1n) is 5.43. The van der Waals surface area contributed by atoms with Gasteiger partial charge in [-0.2, -0.15) is 0 Å². The van der Waals surface area contributed by atoms with Crippen LogP contribution in [0.5, 0.6) is 0 Å². The Morgan fingerprint density at radius 3 is 2.94 bits per heavy atom. The summed E-state index contributed by atoms with van der Waals surface area (Å²) in [6.45, 7) is 0. The smallest absolute Gasteiger partial charge is 0.125 e. The van der Waals surface area contributed by atoms with Crippen LogP contribution in [0.1, 0.15) is 0 Å². The molecule has 4 aromatic rings. The summed E-state index contributed by atoms with van der Waals surface area (Å²) in [5.74, 6) is 0. The number of hydrogen-bond acceptors (Lipinski definition) is 3. The molecule has 0 bridgehead atoms. The molecule has 3 heteroatoms. The zero-order valence-corrected chi connectivity index (χ0v) is 9.74. The highest BCUT2D eigenvalue weighted by Gasteiger charge is 2.05. The second kappa shape index (κ2) is 3.25. The van der Waals surface area contributed by atoms with Gasteiger partial charge in [-0.1, -0.05) is 18.2 Å². The Morgan fingerprint density at radius 2 is 1.94 bits per heavy atom. The van der Waals surface area contributed by atoms with E-state index in [9.17, 15) is 0 Å². The maximum Gasteiger partial charge on any atom is 0.125 e.